The van der Waals surface area contributed by atoms with E-state index in [4.69, 9.17) is 9.47 Å². The van der Waals surface area contributed by atoms with Crippen LogP contribution in [0.3, 0.4) is 0 Å². The summed E-state index contributed by atoms with van der Waals surface area (Å²) in [5, 5.41) is 5.87. The minimum Gasteiger partial charge on any atom is -0.489 e. The second-order valence-electron chi connectivity index (χ2n) is 9.76. The van der Waals surface area contributed by atoms with Gasteiger partial charge in [0.05, 0.1) is 32.5 Å². The lowest BCUT2D eigenvalue weighted by Gasteiger charge is -2.35. The molecule has 2 aliphatic rings. The summed E-state index contributed by atoms with van der Waals surface area (Å²) in [6.07, 6.45) is 3.82. The minimum absolute atomic E-state index is 0.229. The Labute approximate surface area is 232 Å². The molecule has 202 valence electrons. The quantitative estimate of drug-likeness (QED) is 0.344. The van der Waals surface area contributed by atoms with Crippen LogP contribution in [0.2, 0.25) is 0 Å². The number of sulfone groups is 1. The number of nitrogens with zero attached hydrogens (tertiary/aromatic N) is 3. The van der Waals surface area contributed by atoms with Gasteiger partial charge < -0.3 is 25.0 Å². The Morgan fingerprint density at radius 2 is 1.89 bits per heavy atom. The second kappa shape index (κ2) is 11.5. The number of nitrogens with one attached hydrogen (secondary N) is 2. The highest BCUT2D eigenvalue weighted by Crippen LogP contribution is 2.36. The van der Waals surface area contributed by atoms with E-state index >= 15 is 0 Å². The third-order valence-corrected chi connectivity index (χ3v) is 9.60. The van der Waals surface area contributed by atoms with Crippen molar-refractivity contribution < 1.29 is 17.9 Å². The van der Waals surface area contributed by atoms with E-state index < -0.39 is 15.1 Å². The largest absolute Gasteiger partial charge is 0.489 e. The van der Waals surface area contributed by atoms with Crippen LogP contribution in [-0.4, -0.2) is 56.5 Å². The summed E-state index contributed by atoms with van der Waals surface area (Å²) in [4.78, 5) is 11.6. The van der Waals surface area contributed by atoms with Crippen LogP contribution in [-0.2, 0) is 14.6 Å². The smallest absolute Gasteiger partial charge is 0.229 e. The monoisotopic (exact) mass is 601 g/mol. The highest BCUT2D eigenvalue weighted by molar-refractivity contribution is 9.10. The molecule has 1 fully saturated rings. The maximum absolute atomic E-state index is 12.9. The molecule has 0 bridgehead atoms. The lowest BCUT2D eigenvalue weighted by atomic mass is 9.99. The fraction of sp³-hybridized carbons (Fsp3) is 0.407. The maximum Gasteiger partial charge on any atom is 0.229 e. The van der Waals surface area contributed by atoms with Crippen LogP contribution in [0.15, 0.2) is 58.0 Å². The predicted octanol–water partition coefficient (Wildman–Crippen LogP) is 5.53. The van der Waals surface area contributed by atoms with Gasteiger partial charge in [0.15, 0.2) is 9.84 Å². The Hall–Kier alpha value is -2.89. The molecule has 0 radical (unpaired) electrons. The van der Waals surface area contributed by atoms with E-state index in [1.54, 1.807) is 44.3 Å². The molecule has 2 aromatic carbocycles. The average Bonchev–Trinajstić information content (AvgIpc) is 2.91. The summed E-state index contributed by atoms with van der Waals surface area (Å²) in [5.41, 5.74) is 2.35. The minimum atomic E-state index is -3.48. The number of hydrogen-bond donors (Lipinski definition) is 2. The molecule has 0 saturated carbocycles. The Balaban J connectivity index is 1.34. The van der Waals surface area contributed by atoms with Crippen molar-refractivity contribution in [1.29, 1.82) is 0 Å². The fourth-order valence-corrected chi connectivity index (χ4v) is 6.12. The zero-order chi connectivity index (χ0) is 26.7. The number of rotatable bonds is 8. The number of aromatic nitrogens is 2. The van der Waals surface area contributed by atoms with E-state index in [9.17, 15) is 8.42 Å². The van der Waals surface area contributed by atoms with Crippen molar-refractivity contribution in [1.82, 2.24) is 9.97 Å². The van der Waals surface area contributed by atoms with Gasteiger partial charge in [-0.2, -0.15) is 4.98 Å². The highest BCUT2D eigenvalue weighted by atomic mass is 79.9. The molecule has 1 aromatic heterocycles. The zero-order valence-corrected chi connectivity index (χ0v) is 23.9. The zero-order valence-electron chi connectivity index (χ0n) is 21.5. The Morgan fingerprint density at radius 3 is 2.68 bits per heavy atom. The van der Waals surface area contributed by atoms with Gasteiger partial charge in [-0.05, 0) is 72.8 Å². The molecule has 2 N–H and O–H groups in total. The molecule has 38 heavy (non-hydrogen) atoms. The van der Waals surface area contributed by atoms with Crippen molar-refractivity contribution >= 4 is 54.6 Å². The number of ether oxygens (including phenoxy) is 2. The van der Waals surface area contributed by atoms with Gasteiger partial charge in [0.25, 0.3) is 0 Å². The molecular formula is C27H32BrN5O4S. The molecule has 0 aliphatic carbocycles. The van der Waals surface area contributed by atoms with Gasteiger partial charge in [-0.3, -0.25) is 0 Å². The van der Waals surface area contributed by atoms with Crippen molar-refractivity contribution in [2.45, 2.75) is 36.8 Å². The summed E-state index contributed by atoms with van der Waals surface area (Å²) in [5.74, 6) is 2.28. The van der Waals surface area contributed by atoms with Gasteiger partial charge >= 0.3 is 0 Å². The van der Waals surface area contributed by atoms with Crippen molar-refractivity contribution in [2.75, 3.05) is 48.4 Å². The highest BCUT2D eigenvalue weighted by Gasteiger charge is 2.24. The number of hydrogen-bond acceptors (Lipinski definition) is 9. The SMILES string of the molecule is CC(C)S(=O)(=O)c1ccccc1Nc1nc(Nc2ccc3c(c2)OCCN3CC2CCOCC2)ncc1Br. The van der Waals surface area contributed by atoms with Crippen molar-refractivity contribution in [2.24, 2.45) is 5.92 Å². The molecule has 3 heterocycles. The molecule has 5 rings (SSSR count). The second-order valence-corrected chi connectivity index (χ2v) is 13.1. The molecule has 0 spiro atoms. The van der Waals surface area contributed by atoms with Crippen LogP contribution in [0, 0.1) is 5.92 Å². The summed E-state index contributed by atoms with van der Waals surface area (Å²) >= 11 is 3.48. The van der Waals surface area contributed by atoms with Gasteiger partial charge in [0, 0.05) is 37.7 Å². The molecule has 0 atom stereocenters. The van der Waals surface area contributed by atoms with Crippen LogP contribution < -0.4 is 20.3 Å². The predicted molar refractivity (Wildman–Crippen MR) is 153 cm³/mol. The average molecular weight is 603 g/mol. The van der Waals surface area contributed by atoms with Crippen molar-refractivity contribution in [3.05, 3.63) is 53.1 Å². The molecule has 0 unspecified atom stereocenters. The number of fused-ring (bicyclic) bond motifs is 1. The lowest BCUT2D eigenvalue weighted by molar-refractivity contribution is 0.0678. The van der Waals surface area contributed by atoms with Gasteiger partial charge in [-0.1, -0.05) is 12.1 Å². The topological polar surface area (TPSA) is 106 Å². The Kier molecular flexibility index (Phi) is 8.06. The summed E-state index contributed by atoms with van der Waals surface area (Å²) < 4.78 is 37.8. The maximum atomic E-state index is 12.9. The van der Waals surface area contributed by atoms with E-state index in [-0.39, 0.29) is 4.90 Å². The third-order valence-electron chi connectivity index (χ3n) is 6.81. The van der Waals surface area contributed by atoms with Gasteiger partial charge in [-0.15, -0.1) is 0 Å². The van der Waals surface area contributed by atoms with Gasteiger partial charge in [0.1, 0.15) is 18.2 Å². The molecule has 1 saturated heterocycles. The van der Waals surface area contributed by atoms with Crippen LogP contribution in [0.5, 0.6) is 5.75 Å². The van der Waals surface area contributed by atoms with E-state index in [2.05, 4.69) is 47.5 Å². The van der Waals surface area contributed by atoms with E-state index in [1.165, 1.54) is 0 Å². The number of para-hydroxylation sites is 1. The summed E-state index contributed by atoms with van der Waals surface area (Å²) in [6, 6.07) is 12.9. The lowest BCUT2D eigenvalue weighted by Crippen LogP contribution is -2.38. The molecular weight excluding hydrogens is 570 g/mol. The fourth-order valence-electron chi connectivity index (χ4n) is 4.63. The first-order valence-electron chi connectivity index (χ1n) is 12.8. The van der Waals surface area contributed by atoms with E-state index in [0.29, 0.717) is 34.5 Å². The standard InChI is InChI=1S/C27H32BrN5O4S/c1-18(2)38(34,35)25-6-4-3-5-22(25)31-26-21(28)16-29-27(32-26)30-20-7-8-23-24(15-20)37-14-11-33(23)17-19-9-12-36-13-10-19/h3-8,15-16,18-19H,9-14,17H2,1-2H3,(H2,29,30,31,32). The van der Waals surface area contributed by atoms with Gasteiger partial charge in [-0.25, -0.2) is 13.4 Å². The molecule has 2 aliphatic heterocycles. The number of anilines is 5. The molecule has 0 amide bonds. The molecule has 3 aromatic rings. The molecule has 9 nitrogen and oxygen atoms in total. The molecule has 11 heteroatoms. The van der Waals surface area contributed by atoms with Crippen LogP contribution in [0.1, 0.15) is 26.7 Å². The van der Waals surface area contributed by atoms with E-state index in [1.807, 2.05) is 12.1 Å². The van der Waals surface area contributed by atoms with Crippen molar-refractivity contribution in [3.63, 3.8) is 0 Å². The van der Waals surface area contributed by atoms with Gasteiger partial charge in [0.2, 0.25) is 5.95 Å². The first-order chi connectivity index (χ1) is 18.3. The number of benzene rings is 2. The summed E-state index contributed by atoms with van der Waals surface area (Å²) in [7, 11) is -3.48. The van der Waals surface area contributed by atoms with E-state index in [0.717, 1.165) is 56.3 Å². The first-order valence-corrected chi connectivity index (χ1v) is 15.1. The van der Waals surface area contributed by atoms with Crippen molar-refractivity contribution in [3.8, 4) is 5.75 Å². The Bertz CT molecular complexity index is 1400. The summed E-state index contributed by atoms with van der Waals surface area (Å²) in [6.45, 7) is 7.53. The van der Waals surface area contributed by atoms with Crippen LogP contribution in [0.25, 0.3) is 0 Å². The number of halogens is 1. The van der Waals surface area contributed by atoms with Crippen LogP contribution >= 0.6 is 15.9 Å². The Morgan fingerprint density at radius 1 is 1.11 bits per heavy atom. The first kappa shape index (κ1) is 26.7. The van der Waals surface area contributed by atoms with Crippen LogP contribution in [0.4, 0.5) is 28.8 Å². The normalized spacial score (nSPS) is 16.2. The third kappa shape index (κ3) is 5.89.